The van der Waals surface area contributed by atoms with E-state index in [4.69, 9.17) is 4.74 Å². The molecule has 0 spiro atoms. The second-order valence-electron chi connectivity index (χ2n) is 6.83. The summed E-state index contributed by atoms with van der Waals surface area (Å²) in [5.41, 5.74) is 0.741. The lowest BCUT2D eigenvalue weighted by Gasteiger charge is -2.19. The second-order valence-corrected chi connectivity index (χ2v) is 6.83. The zero-order valence-corrected chi connectivity index (χ0v) is 16.3. The lowest BCUT2D eigenvalue weighted by atomic mass is 10.1. The van der Waals surface area contributed by atoms with Gasteiger partial charge in [-0.25, -0.2) is 4.79 Å². The van der Waals surface area contributed by atoms with Gasteiger partial charge >= 0.3 is 12.0 Å². The van der Waals surface area contributed by atoms with Crippen LogP contribution in [0.2, 0.25) is 0 Å². The average molecular weight is 397 g/mol. The van der Waals surface area contributed by atoms with Crippen LogP contribution in [0.4, 0.5) is 10.5 Å². The number of carbonyl (C=O) groups excluding carboxylic acids is 4. The minimum absolute atomic E-state index is 0.00666. The van der Waals surface area contributed by atoms with Crippen LogP contribution >= 0.6 is 0 Å². The van der Waals surface area contributed by atoms with E-state index >= 15 is 0 Å². The first-order valence-electron chi connectivity index (χ1n) is 9.48. The average Bonchev–Trinajstić information content (AvgIpc) is 3.09. The van der Waals surface area contributed by atoms with Crippen molar-refractivity contribution in [3.05, 3.63) is 42.5 Å². The first-order valence-corrected chi connectivity index (χ1v) is 9.48. The number of carbonyl (C=O) groups is 4. The normalized spacial score (nSPS) is 17.1. The maximum atomic E-state index is 12.6. The van der Waals surface area contributed by atoms with E-state index in [1.165, 1.54) is 6.92 Å². The van der Waals surface area contributed by atoms with E-state index in [0.717, 1.165) is 16.5 Å². The molecular weight excluding hydrogens is 374 g/mol. The highest BCUT2D eigenvalue weighted by molar-refractivity contribution is 6.06. The van der Waals surface area contributed by atoms with Crippen molar-refractivity contribution in [3.8, 4) is 0 Å². The molecule has 29 heavy (non-hydrogen) atoms. The Morgan fingerprint density at radius 3 is 2.66 bits per heavy atom. The number of urea groups is 1. The summed E-state index contributed by atoms with van der Waals surface area (Å²) >= 11 is 0. The molecule has 2 N–H and O–H groups in total. The number of fused-ring (bicyclic) bond motifs is 1. The van der Waals surface area contributed by atoms with Gasteiger partial charge in [0, 0.05) is 24.9 Å². The van der Waals surface area contributed by atoms with Gasteiger partial charge in [0.1, 0.15) is 0 Å². The lowest BCUT2D eigenvalue weighted by molar-refractivity contribution is -0.158. The van der Waals surface area contributed by atoms with Crippen molar-refractivity contribution >= 4 is 40.3 Å². The number of nitrogens with zero attached hydrogens (tertiary/aromatic N) is 1. The smallest absolute Gasteiger partial charge is 0.321 e. The van der Waals surface area contributed by atoms with E-state index in [1.807, 2.05) is 42.5 Å². The Morgan fingerprint density at radius 2 is 1.90 bits per heavy atom. The van der Waals surface area contributed by atoms with Gasteiger partial charge in [-0.1, -0.05) is 36.4 Å². The molecule has 1 fully saturated rings. The number of rotatable bonds is 5. The third-order valence-corrected chi connectivity index (χ3v) is 4.75. The minimum Gasteiger partial charge on any atom is -0.452 e. The van der Waals surface area contributed by atoms with Crippen molar-refractivity contribution in [2.24, 2.45) is 5.92 Å². The summed E-state index contributed by atoms with van der Waals surface area (Å²) in [7, 11) is 0. The largest absolute Gasteiger partial charge is 0.452 e. The maximum absolute atomic E-state index is 12.6. The fraction of sp³-hybridized carbons (Fsp3) is 0.333. The van der Waals surface area contributed by atoms with Crippen molar-refractivity contribution in [2.75, 3.05) is 18.0 Å². The number of imide groups is 1. The molecule has 1 aliphatic heterocycles. The predicted octanol–water partition coefficient (Wildman–Crippen LogP) is 1.97. The summed E-state index contributed by atoms with van der Waals surface area (Å²) in [5.74, 6) is -2.22. The molecule has 8 heteroatoms. The fourth-order valence-electron chi connectivity index (χ4n) is 3.28. The van der Waals surface area contributed by atoms with Crippen molar-refractivity contribution < 1.29 is 23.9 Å². The van der Waals surface area contributed by atoms with E-state index in [2.05, 4.69) is 10.6 Å². The number of hydrogen-bond acceptors (Lipinski definition) is 5. The molecule has 0 unspecified atom stereocenters. The van der Waals surface area contributed by atoms with Gasteiger partial charge in [0.05, 0.1) is 11.6 Å². The zero-order chi connectivity index (χ0) is 21.0. The Morgan fingerprint density at radius 1 is 1.17 bits per heavy atom. The lowest BCUT2D eigenvalue weighted by Crippen LogP contribution is -2.45. The minimum atomic E-state index is -1.15. The molecule has 1 aliphatic rings. The molecule has 0 saturated carbocycles. The Balaban J connectivity index is 1.66. The fourth-order valence-corrected chi connectivity index (χ4v) is 3.28. The molecule has 1 heterocycles. The molecule has 0 aromatic heterocycles. The van der Waals surface area contributed by atoms with Crippen molar-refractivity contribution in [1.29, 1.82) is 0 Å². The molecule has 0 bridgehead atoms. The molecule has 152 valence electrons. The van der Waals surface area contributed by atoms with Crippen molar-refractivity contribution in [2.45, 2.75) is 26.4 Å². The topological polar surface area (TPSA) is 105 Å². The van der Waals surface area contributed by atoms with Gasteiger partial charge < -0.3 is 15.0 Å². The molecule has 2 atom stereocenters. The van der Waals surface area contributed by atoms with Crippen LogP contribution in [0.5, 0.6) is 0 Å². The Bertz CT molecular complexity index is 953. The molecular formula is C21H23N3O5. The standard InChI is InChI=1S/C21H23N3O5/c1-3-22-21(28)23-19(26)13(2)29-20(27)15-11-18(25)24(12-15)17-10-6-8-14-7-4-5-9-16(14)17/h4-10,13,15H,3,11-12H2,1-2H3,(H2,22,23,26,28)/t13-,15-/m1/s1. The summed E-state index contributed by atoms with van der Waals surface area (Å²) in [6.07, 6.45) is -1.14. The van der Waals surface area contributed by atoms with Crippen LogP contribution in [-0.2, 0) is 19.1 Å². The van der Waals surface area contributed by atoms with E-state index in [1.54, 1.807) is 11.8 Å². The first-order chi connectivity index (χ1) is 13.9. The number of anilines is 1. The predicted molar refractivity (Wildman–Crippen MR) is 107 cm³/mol. The Kier molecular flexibility index (Phi) is 6.11. The number of esters is 1. The summed E-state index contributed by atoms with van der Waals surface area (Å²) < 4.78 is 5.19. The van der Waals surface area contributed by atoms with Crippen LogP contribution in [0.15, 0.2) is 42.5 Å². The summed E-state index contributed by atoms with van der Waals surface area (Å²) in [5, 5.41) is 6.44. The SMILES string of the molecule is CCNC(=O)NC(=O)[C@@H](C)OC(=O)[C@@H]1CC(=O)N(c2cccc3ccccc23)C1. The Hall–Kier alpha value is -3.42. The number of amides is 4. The molecule has 8 nitrogen and oxygen atoms in total. The van der Waals surface area contributed by atoms with Gasteiger partial charge in [0.15, 0.2) is 6.10 Å². The molecule has 3 rings (SSSR count). The van der Waals surface area contributed by atoms with E-state index < -0.39 is 29.9 Å². The first kappa shape index (κ1) is 20.3. The van der Waals surface area contributed by atoms with Crippen LogP contribution in [0.25, 0.3) is 10.8 Å². The van der Waals surface area contributed by atoms with Gasteiger partial charge in [0.2, 0.25) is 5.91 Å². The highest BCUT2D eigenvalue weighted by atomic mass is 16.5. The van der Waals surface area contributed by atoms with Crippen LogP contribution < -0.4 is 15.5 Å². The highest BCUT2D eigenvalue weighted by Gasteiger charge is 2.37. The highest BCUT2D eigenvalue weighted by Crippen LogP contribution is 2.32. The zero-order valence-electron chi connectivity index (χ0n) is 16.3. The van der Waals surface area contributed by atoms with Crippen LogP contribution in [0.3, 0.4) is 0 Å². The van der Waals surface area contributed by atoms with Gasteiger partial charge in [-0.3, -0.25) is 19.7 Å². The quantitative estimate of drug-likeness (QED) is 0.751. The van der Waals surface area contributed by atoms with E-state index in [-0.39, 0.29) is 18.9 Å². The van der Waals surface area contributed by atoms with E-state index in [9.17, 15) is 19.2 Å². The summed E-state index contributed by atoms with van der Waals surface area (Å²) in [6, 6.07) is 12.7. The van der Waals surface area contributed by atoms with Crippen molar-refractivity contribution in [1.82, 2.24) is 10.6 Å². The third-order valence-electron chi connectivity index (χ3n) is 4.75. The van der Waals surface area contributed by atoms with Crippen LogP contribution in [0.1, 0.15) is 20.3 Å². The number of benzene rings is 2. The maximum Gasteiger partial charge on any atom is 0.321 e. The van der Waals surface area contributed by atoms with Gasteiger partial charge in [-0.05, 0) is 25.3 Å². The molecule has 0 aliphatic carbocycles. The van der Waals surface area contributed by atoms with E-state index in [0.29, 0.717) is 6.54 Å². The number of hydrogen-bond donors (Lipinski definition) is 2. The molecule has 1 saturated heterocycles. The summed E-state index contributed by atoms with van der Waals surface area (Å²) in [6.45, 7) is 3.63. The van der Waals surface area contributed by atoms with Crippen LogP contribution in [-0.4, -0.2) is 43.0 Å². The van der Waals surface area contributed by atoms with Gasteiger partial charge in [-0.2, -0.15) is 0 Å². The molecule has 2 aromatic carbocycles. The van der Waals surface area contributed by atoms with Gasteiger partial charge in [-0.15, -0.1) is 0 Å². The molecule has 4 amide bonds. The van der Waals surface area contributed by atoms with Gasteiger partial charge in [0.25, 0.3) is 5.91 Å². The second kappa shape index (κ2) is 8.72. The van der Waals surface area contributed by atoms with Crippen molar-refractivity contribution in [3.63, 3.8) is 0 Å². The molecule has 2 aromatic rings. The number of ether oxygens (including phenoxy) is 1. The van der Waals surface area contributed by atoms with Crippen LogP contribution in [0, 0.1) is 5.92 Å². The number of nitrogens with one attached hydrogen (secondary N) is 2. The molecule has 0 radical (unpaired) electrons. The summed E-state index contributed by atoms with van der Waals surface area (Å²) in [4.78, 5) is 50.0. The Labute approximate surface area is 168 Å². The third kappa shape index (κ3) is 4.53. The monoisotopic (exact) mass is 397 g/mol.